The van der Waals surface area contributed by atoms with Gasteiger partial charge in [0.25, 0.3) is 0 Å². The Labute approximate surface area is 109 Å². The average molecular weight is 262 g/mol. The van der Waals surface area contributed by atoms with Gasteiger partial charge in [0, 0.05) is 0 Å². The third-order valence-corrected chi connectivity index (χ3v) is 3.55. The topological polar surface area (TPSA) is 62.2 Å². The molecule has 0 aliphatic carbocycles. The monoisotopic (exact) mass is 262 g/mol. The number of carboxylic acid groups (broad SMARTS) is 1. The molecule has 1 heterocycles. The van der Waals surface area contributed by atoms with Crippen molar-refractivity contribution < 1.29 is 9.90 Å². The minimum atomic E-state index is -0.941. The molecule has 0 saturated heterocycles. The maximum absolute atomic E-state index is 10.8. The summed E-state index contributed by atoms with van der Waals surface area (Å²) in [5, 5.41) is 12.6. The molecular weight excluding hydrogens is 248 g/mol. The van der Waals surface area contributed by atoms with E-state index in [1.54, 1.807) is 0 Å². The number of aromatic nitrogens is 1. The molecular formula is C13H14N2O2S. The smallest absolute Gasteiger partial charge is 0.347 e. The summed E-state index contributed by atoms with van der Waals surface area (Å²) < 4.78 is 0. The van der Waals surface area contributed by atoms with Gasteiger partial charge < -0.3 is 10.4 Å². The van der Waals surface area contributed by atoms with E-state index in [4.69, 9.17) is 5.11 Å². The number of thiazole rings is 1. The Morgan fingerprint density at radius 3 is 2.61 bits per heavy atom. The zero-order valence-corrected chi connectivity index (χ0v) is 11.0. The van der Waals surface area contributed by atoms with Gasteiger partial charge in [0.1, 0.15) is 4.88 Å². The number of aromatic carboxylic acids is 1. The van der Waals surface area contributed by atoms with Crippen LogP contribution in [0.3, 0.4) is 0 Å². The van der Waals surface area contributed by atoms with E-state index in [1.165, 1.54) is 11.8 Å². The summed E-state index contributed by atoms with van der Waals surface area (Å²) in [7, 11) is 0. The summed E-state index contributed by atoms with van der Waals surface area (Å²) in [6.07, 6.45) is 1.37. The molecule has 2 aromatic rings. The second kappa shape index (κ2) is 5.18. The fourth-order valence-electron chi connectivity index (χ4n) is 1.56. The number of benzene rings is 1. The van der Waals surface area contributed by atoms with E-state index < -0.39 is 5.97 Å². The molecule has 18 heavy (non-hydrogen) atoms. The molecule has 0 aliphatic heterocycles. The minimum Gasteiger partial charge on any atom is -0.477 e. The first-order chi connectivity index (χ1) is 8.56. The Kier molecular flexibility index (Phi) is 3.62. The maximum Gasteiger partial charge on any atom is 0.347 e. The van der Waals surface area contributed by atoms with Crippen LogP contribution in [0.1, 0.15) is 33.8 Å². The van der Waals surface area contributed by atoms with E-state index in [0.717, 1.165) is 16.9 Å². The van der Waals surface area contributed by atoms with Crippen molar-refractivity contribution in [2.45, 2.75) is 19.9 Å². The van der Waals surface area contributed by atoms with Gasteiger partial charge in [0.05, 0.1) is 12.2 Å². The molecule has 4 nitrogen and oxygen atoms in total. The predicted molar refractivity (Wildman–Crippen MR) is 72.3 cm³/mol. The molecule has 2 N–H and O–H groups in total. The van der Waals surface area contributed by atoms with E-state index in [-0.39, 0.29) is 10.9 Å². The number of rotatable bonds is 4. The van der Waals surface area contributed by atoms with Crippen molar-refractivity contribution in [3.8, 4) is 0 Å². The fraction of sp³-hybridized carbons (Fsp3) is 0.231. The zero-order valence-electron chi connectivity index (χ0n) is 10.2. The first-order valence-corrected chi connectivity index (χ1v) is 6.40. The number of anilines is 1. The molecule has 0 amide bonds. The van der Waals surface area contributed by atoms with Crippen LogP contribution in [0.2, 0.25) is 0 Å². The number of carboxylic acids is 1. The van der Waals surface area contributed by atoms with Gasteiger partial charge in [-0.25, -0.2) is 9.78 Å². The molecule has 5 heteroatoms. The van der Waals surface area contributed by atoms with Crippen LogP contribution < -0.4 is 5.32 Å². The highest BCUT2D eigenvalue weighted by atomic mass is 32.1. The Morgan fingerprint density at radius 2 is 2.06 bits per heavy atom. The zero-order chi connectivity index (χ0) is 13.1. The van der Waals surface area contributed by atoms with E-state index in [9.17, 15) is 4.79 Å². The van der Waals surface area contributed by atoms with Gasteiger partial charge in [-0.05, 0) is 19.4 Å². The molecule has 0 bridgehead atoms. The molecule has 1 aromatic carbocycles. The summed E-state index contributed by atoms with van der Waals surface area (Å²) in [5.74, 6) is -0.941. The van der Waals surface area contributed by atoms with Crippen LogP contribution in [0.25, 0.3) is 0 Å². The lowest BCUT2D eigenvalue weighted by Gasteiger charge is -2.13. The summed E-state index contributed by atoms with van der Waals surface area (Å²) in [6, 6.07) is 8.31. The second-order valence-corrected chi connectivity index (χ2v) is 5.14. The Morgan fingerprint density at radius 1 is 1.39 bits per heavy atom. The fourth-order valence-corrected chi connectivity index (χ4v) is 2.31. The SMILES string of the molecule is Cc1ccc(C(C)Nc2ncc(C(=O)O)s2)cc1. The van der Waals surface area contributed by atoms with Crippen LogP contribution in [-0.4, -0.2) is 16.1 Å². The largest absolute Gasteiger partial charge is 0.477 e. The molecule has 0 radical (unpaired) electrons. The lowest BCUT2D eigenvalue weighted by molar-refractivity contribution is 0.0702. The molecule has 1 unspecified atom stereocenters. The van der Waals surface area contributed by atoms with Crippen LogP contribution in [0.15, 0.2) is 30.5 Å². The molecule has 94 valence electrons. The van der Waals surface area contributed by atoms with Crippen LogP contribution in [0.4, 0.5) is 5.13 Å². The summed E-state index contributed by atoms with van der Waals surface area (Å²) >= 11 is 1.15. The van der Waals surface area contributed by atoms with Crippen molar-refractivity contribution >= 4 is 22.4 Å². The maximum atomic E-state index is 10.8. The number of nitrogens with one attached hydrogen (secondary N) is 1. The second-order valence-electron chi connectivity index (χ2n) is 4.11. The van der Waals surface area contributed by atoms with Crippen LogP contribution in [-0.2, 0) is 0 Å². The lowest BCUT2D eigenvalue weighted by Crippen LogP contribution is -2.05. The predicted octanol–water partition coefficient (Wildman–Crippen LogP) is 3.32. The number of nitrogens with zero attached hydrogens (tertiary/aromatic N) is 1. The van der Waals surface area contributed by atoms with Gasteiger partial charge >= 0.3 is 5.97 Å². The molecule has 0 aliphatic rings. The standard InChI is InChI=1S/C13H14N2O2S/c1-8-3-5-10(6-4-8)9(2)15-13-14-7-11(18-13)12(16)17/h3-7,9H,1-2H3,(H,14,15)(H,16,17). The normalized spacial score (nSPS) is 12.1. The third-order valence-electron chi connectivity index (χ3n) is 2.63. The van der Waals surface area contributed by atoms with Crippen molar-refractivity contribution in [1.29, 1.82) is 0 Å². The Bertz CT molecular complexity index is 548. The first kappa shape index (κ1) is 12.6. The quantitative estimate of drug-likeness (QED) is 0.887. The van der Waals surface area contributed by atoms with Gasteiger partial charge in [-0.15, -0.1) is 0 Å². The Balaban J connectivity index is 2.08. The first-order valence-electron chi connectivity index (χ1n) is 5.58. The van der Waals surface area contributed by atoms with E-state index >= 15 is 0 Å². The van der Waals surface area contributed by atoms with Gasteiger partial charge in [0.2, 0.25) is 0 Å². The highest BCUT2D eigenvalue weighted by molar-refractivity contribution is 7.17. The van der Waals surface area contributed by atoms with E-state index in [2.05, 4.69) is 34.6 Å². The van der Waals surface area contributed by atoms with Gasteiger partial charge in [0.15, 0.2) is 5.13 Å². The number of carbonyl (C=O) groups is 1. The van der Waals surface area contributed by atoms with Crippen molar-refractivity contribution in [1.82, 2.24) is 4.98 Å². The average Bonchev–Trinajstić information content (AvgIpc) is 2.78. The van der Waals surface area contributed by atoms with Crippen molar-refractivity contribution in [2.24, 2.45) is 0 Å². The third kappa shape index (κ3) is 2.87. The summed E-state index contributed by atoms with van der Waals surface area (Å²) in [6.45, 7) is 4.06. The summed E-state index contributed by atoms with van der Waals surface area (Å²) in [4.78, 5) is 15.0. The minimum absolute atomic E-state index is 0.0957. The number of hydrogen-bond donors (Lipinski definition) is 2. The molecule has 2 rings (SSSR count). The van der Waals surface area contributed by atoms with Gasteiger partial charge in [-0.2, -0.15) is 0 Å². The molecule has 0 spiro atoms. The van der Waals surface area contributed by atoms with Gasteiger partial charge in [-0.1, -0.05) is 41.2 Å². The van der Waals surface area contributed by atoms with Crippen LogP contribution in [0, 0.1) is 6.92 Å². The number of aryl methyl sites for hydroxylation is 1. The van der Waals surface area contributed by atoms with E-state index in [0.29, 0.717) is 5.13 Å². The van der Waals surface area contributed by atoms with E-state index in [1.807, 2.05) is 13.8 Å². The van der Waals surface area contributed by atoms with Crippen molar-refractivity contribution in [3.63, 3.8) is 0 Å². The molecule has 1 aromatic heterocycles. The van der Waals surface area contributed by atoms with Crippen LogP contribution in [0.5, 0.6) is 0 Å². The molecule has 1 atom stereocenters. The molecule has 0 fully saturated rings. The summed E-state index contributed by atoms with van der Waals surface area (Å²) in [5.41, 5.74) is 2.36. The number of hydrogen-bond acceptors (Lipinski definition) is 4. The molecule has 0 saturated carbocycles. The van der Waals surface area contributed by atoms with Crippen LogP contribution >= 0.6 is 11.3 Å². The van der Waals surface area contributed by atoms with Crippen molar-refractivity contribution in [3.05, 3.63) is 46.5 Å². The highest BCUT2D eigenvalue weighted by Crippen LogP contribution is 2.23. The highest BCUT2D eigenvalue weighted by Gasteiger charge is 2.11. The Hall–Kier alpha value is -1.88. The van der Waals surface area contributed by atoms with Crippen molar-refractivity contribution in [2.75, 3.05) is 5.32 Å². The van der Waals surface area contributed by atoms with Gasteiger partial charge in [-0.3, -0.25) is 0 Å². The lowest BCUT2D eigenvalue weighted by atomic mass is 10.1.